The summed E-state index contributed by atoms with van der Waals surface area (Å²) in [6.45, 7) is 1.49. The topological polar surface area (TPSA) is 51.2 Å². The van der Waals surface area contributed by atoms with E-state index in [0.29, 0.717) is 6.54 Å². The maximum atomic E-state index is 11.8. The monoisotopic (exact) mass is 256 g/mol. The molecule has 1 aliphatic rings. The molecule has 0 aliphatic carbocycles. The first-order chi connectivity index (χ1) is 9.29. The molecule has 1 aromatic heterocycles. The number of carbonyl (C=O) groups excluding carboxylic acids is 1. The van der Waals surface area contributed by atoms with Crippen LogP contribution in [0.2, 0.25) is 0 Å². The molecule has 3 rings (SSSR count). The molecule has 2 aromatic rings. The van der Waals surface area contributed by atoms with E-state index in [1.54, 1.807) is 6.20 Å². The molecule has 19 heavy (non-hydrogen) atoms. The van der Waals surface area contributed by atoms with E-state index in [1.807, 2.05) is 18.2 Å². The van der Waals surface area contributed by atoms with Gasteiger partial charge in [-0.15, -0.1) is 0 Å². The molecule has 1 aromatic carbocycles. The summed E-state index contributed by atoms with van der Waals surface area (Å²) in [6.07, 6.45) is 1.79. The van der Waals surface area contributed by atoms with Gasteiger partial charge in [-0.25, -0.2) is 0 Å². The fourth-order valence-corrected chi connectivity index (χ4v) is 2.75. The van der Waals surface area contributed by atoms with E-state index in [0.717, 1.165) is 17.4 Å². The minimum absolute atomic E-state index is 0.0980. The smallest absolute Gasteiger partial charge is 0.310 e. The average Bonchev–Trinajstić information content (AvgIpc) is 2.95. The SMILES string of the molecule is COC(=O)C1CNCC1c1ccc2ncccc2c1. The van der Waals surface area contributed by atoms with Crippen LogP contribution < -0.4 is 5.32 Å². The van der Waals surface area contributed by atoms with Gasteiger partial charge in [0.05, 0.1) is 18.5 Å². The lowest BCUT2D eigenvalue weighted by molar-refractivity contribution is -0.145. The number of aromatic nitrogens is 1. The third-order valence-electron chi connectivity index (χ3n) is 3.77. The minimum Gasteiger partial charge on any atom is -0.469 e. The Morgan fingerprint density at radius 2 is 2.26 bits per heavy atom. The fourth-order valence-electron chi connectivity index (χ4n) is 2.75. The van der Waals surface area contributed by atoms with Gasteiger partial charge in [-0.2, -0.15) is 0 Å². The van der Waals surface area contributed by atoms with Crippen molar-refractivity contribution in [2.45, 2.75) is 5.92 Å². The largest absolute Gasteiger partial charge is 0.469 e. The summed E-state index contributed by atoms with van der Waals surface area (Å²) in [5.41, 5.74) is 2.15. The van der Waals surface area contributed by atoms with Crippen LogP contribution >= 0.6 is 0 Å². The molecule has 2 atom stereocenters. The molecular weight excluding hydrogens is 240 g/mol. The Kier molecular flexibility index (Phi) is 3.17. The van der Waals surface area contributed by atoms with E-state index in [1.165, 1.54) is 12.7 Å². The third-order valence-corrected chi connectivity index (χ3v) is 3.77. The summed E-state index contributed by atoms with van der Waals surface area (Å²) >= 11 is 0. The lowest BCUT2D eigenvalue weighted by Crippen LogP contribution is -2.22. The fraction of sp³-hybridized carbons (Fsp3) is 0.333. The summed E-state index contributed by atoms with van der Waals surface area (Å²) in [6, 6.07) is 10.2. The third kappa shape index (κ3) is 2.19. The van der Waals surface area contributed by atoms with Crippen molar-refractivity contribution in [1.29, 1.82) is 0 Å². The molecule has 1 aliphatic heterocycles. The first-order valence-electron chi connectivity index (χ1n) is 6.43. The second-order valence-electron chi connectivity index (χ2n) is 4.85. The Hall–Kier alpha value is -1.94. The first-order valence-corrected chi connectivity index (χ1v) is 6.43. The van der Waals surface area contributed by atoms with Crippen LogP contribution in [0.1, 0.15) is 11.5 Å². The van der Waals surface area contributed by atoms with Gasteiger partial charge in [-0.3, -0.25) is 9.78 Å². The van der Waals surface area contributed by atoms with E-state index >= 15 is 0 Å². The minimum atomic E-state index is -0.138. The number of fused-ring (bicyclic) bond motifs is 1. The van der Waals surface area contributed by atoms with Crippen molar-refractivity contribution in [3.8, 4) is 0 Å². The van der Waals surface area contributed by atoms with Crippen LogP contribution in [-0.4, -0.2) is 31.2 Å². The Labute approximate surface area is 111 Å². The molecule has 0 bridgehead atoms. The number of carbonyl (C=O) groups is 1. The normalized spacial score (nSPS) is 22.6. The van der Waals surface area contributed by atoms with Gasteiger partial charge in [0.1, 0.15) is 0 Å². The quantitative estimate of drug-likeness (QED) is 0.831. The van der Waals surface area contributed by atoms with Gasteiger partial charge in [0, 0.05) is 30.6 Å². The van der Waals surface area contributed by atoms with E-state index in [9.17, 15) is 4.79 Å². The van der Waals surface area contributed by atoms with Crippen LogP contribution in [0.25, 0.3) is 10.9 Å². The maximum Gasteiger partial charge on any atom is 0.310 e. The molecule has 0 amide bonds. The summed E-state index contributed by atoms with van der Waals surface area (Å²) in [4.78, 5) is 16.1. The molecule has 0 radical (unpaired) electrons. The van der Waals surface area contributed by atoms with E-state index < -0.39 is 0 Å². The van der Waals surface area contributed by atoms with Crippen molar-refractivity contribution in [2.24, 2.45) is 5.92 Å². The molecule has 1 N–H and O–H groups in total. The molecule has 0 spiro atoms. The van der Waals surface area contributed by atoms with Gasteiger partial charge in [0.25, 0.3) is 0 Å². The van der Waals surface area contributed by atoms with Crippen molar-refractivity contribution >= 4 is 16.9 Å². The van der Waals surface area contributed by atoms with Gasteiger partial charge in [0.2, 0.25) is 0 Å². The molecular formula is C15H16N2O2. The Morgan fingerprint density at radius 1 is 1.37 bits per heavy atom. The molecule has 0 saturated carbocycles. The van der Waals surface area contributed by atoms with Gasteiger partial charge in [-0.1, -0.05) is 12.1 Å². The highest BCUT2D eigenvalue weighted by atomic mass is 16.5. The number of nitrogens with zero attached hydrogens (tertiary/aromatic N) is 1. The number of ether oxygens (including phenoxy) is 1. The van der Waals surface area contributed by atoms with Gasteiger partial charge in [-0.05, 0) is 23.8 Å². The molecule has 98 valence electrons. The Bertz CT molecular complexity index is 612. The van der Waals surface area contributed by atoms with Crippen LogP contribution in [-0.2, 0) is 9.53 Å². The predicted octanol–water partition coefficient (Wildman–Crippen LogP) is 1.71. The predicted molar refractivity (Wildman–Crippen MR) is 72.9 cm³/mol. The van der Waals surface area contributed by atoms with E-state index in [-0.39, 0.29) is 17.8 Å². The molecule has 2 unspecified atom stereocenters. The molecule has 4 nitrogen and oxygen atoms in total. The van der Waals surface area contributed by atoms with Crippen molar-refractivity contribution in [2.75, 3.05) is 20.2 Å². The van der Waals surface area contributed by atoms with Crippen LogP contribution in [0.4, 0.5) is 0 Å². The lowest BCUT2D eigenvalue weighted by Gasteiger charge is -2.17. The number of benzene rings is 1. The van der Waals surface area contributed by atoms with E-state index in [2.05, 4.69) is 22.4 Å². The number of pyridine rings is 1. The summed E-state index contributed by atoms with van der Waals surface area (Å²) < 4.78 is 4.88. The Balaban J connectivity index is 1.96. The summed E-state index contributed by atoms with van der Waals surface area (Å²) in [7, 11) is 1.45. The lowest BCUT2D eigenvalue weighted by atomic mass is 9.88. The van der Waals surface area contributed by atoms with Gasteiger partial charge < -0.3 is 10.1 Å². The zero-order valence-corrected chi connectivity index (χ0v) is 10.8. The molecule has 1 fully saturated rings. The van der Waals surface area contributed by atoms with Gasteiger partial charge >= 0.3 is 5.97 Å². The number of hydrogen-bond donors (Lipinski definition) is 1. The molecule has 2 heterocycles. The van der Waals surface area contributed by atoms with Crippen LogP contribution in [0.5, 0.6) is 0 Å². The van der Waals surface area contributed by atoms with Crippen molar-refractivity contribution in [3.63, 3.8) is 0 Å². The average molecular weight is 256 g/mol. The van der Waals surface area contributed by atoms with Crippen LogP contribution in [0.15, 0.2) is 36.5 Å². The van der Waals surface area contributed by atoms with Crippen LogP contribution in [0, 0.1) is 5.92 Å². The number of rotatable bonds is 2. The molecule has 1 saturated heterocycles. The standard InChI is InChI=1S/C15H16N2O2/c1-19-15(18)13-9-16-8-12(13)10-4-5-14-11(7-10)3-2-6-17-14/h2-7,12-13,16H,8-9H2,1H3. The van der Waals surface area contributed by atoms with Crippen molar-refractivity contribution < 1.29 is 9.53 Å². The number of hydrogen-bond acceptors (Lipinski definition) is 4. The van der Waals surface area contributed by atoms with Crippen molar-refractivity contribution in [1.82, 2.24) is 10.3 Å². The zero-order chi connectivity index (χ0) is 13.2. The summed E-state index contributed by atoms with van der Waals surface area (Å²) in [5, 5.41) is 4.37. The number of nitrogens with one attached hydrogen (secondary N) is 1. The first kappa shape index (κ1) is 12.1. The second kappa shape index (κ2) is 4.97. The Morgan fingerprint density at radius 3 is 3.11 bits per heavy atom. The maximum absolute atomic E-state index is 11.8. The highest BCUT2D eigenvalue weighted by molar-refractivity contribution is 5.80. The zero-order valence-electron chi connectivity index (χ0n) is 10.8. The van der Waals surface area contributed by atoms with Crippen molar-refractivity contribution in [3.05, 3.63) is 42.1 Å². The van der Waals surface area contributed by atoms with Crippen LogP contribution in [0.3, 0.4) is 0 Å². The number of methoxy groups -OCH3 is 1. The highest BCUT2D eigenvalue weighted by Gasteiger charge is 2.34. The number of esters is 1. The van der Waals surface area contributed by atoms with E-state index in [4.69, 9.17) is 4.74 Å². The van der Waals surface area contributed by atoms with Gasteiger partial charge in [0.15, 0.2) is 0 Å². The second-order valence-corrected chi connectivity index (χ2v) is 4.85. The molecule has 4 heteroatoms. The highest BCUT2D eigenvalue weighted by Crippen LogP contribution is 2.30. The summed E-state index contributed by atoms with van der Waals surface area (Å²) in [5.74, 6) is -0.0579.